The molecule has 0 aliphatic heterocycles. The van der Waals surface area contributed by atoms with E-state index in [9.17, 15) is 9.18 Å². The van der Waals surface area contributed by atoms with E-state index in [0.29, 0.717) is 27.6 Å². The van der Waals surface area contributed by atoms with E-state index in [-0.39, 0.29) is 11.5 Å². The van der Waals surface area contributed by atoms with Crippen molar-refractivity contribution in [2.75, 3.05) is 5.32 Å². The Balaban J connectivity index is 1.83. The predicted molar refractivity (Wildman–Crippen MR) is 90.8 cm³/mol. The molecule has 0 aliphatic carbocycles. The Morgan fingerprint density at radius 1 is 1.12 bits per heavy atom. The second-order valence-electron chi connectivity index (χ2n) is 5.45. The molecule has 1 heterocycles. The minimum Gasteiger partial charge on any atom is -0.355 e. The zero-order valence-electron chi connectivity index (χ0n) is 13.1. The first kappa shape index (κ1) is 16.2. The van der Waals surface area contributed by atoms with Gasteiger partial charge in [-0.2, -0.15) is 0 Å². The minimum absolute atomic E-state index is 0.102. The number of nitrogens with zero attached hydrogens (tertiary/aromatic N) is 1. The van der Waals surface area contributed by atoms with Crippen LogP contribution in [0.1, 0.15) is 21.6 Å². The van der Waals surface area contributed by atoms with Crippen LogP contribution in [0.4, 0.5) is 10.1 Å². The van der Waals surface area contributed by atoms with Gasteiger partial charge < -0.3 is 9.84 Å². The van der Waals surface area contributed by atoms with Crippen molar-refractivity contribution in [1.29, 1.82) is 0 Å². The van der Waals surface area contributed by atoms with Gasteiger partial charge in [0.25, 0.3) is 5.91 Å². The van der Waals surface area contributed by atoms with Crippen LogP contribution in [0.3, 0.4) is 0 Å². The molecule has 1 N–H and O–H groups in total. The van der Waals surface area contributed by atoms with Gasteiger partial charge in [-0.3, -0.25) is 4.79 Å². The van der Waals surface area contributed by atoms with E-state index in [1.807, 2.05) is 6.92 Å². The molecule has 3 rings (SSSR count). The summed E-state index contributed by atoms with van der Waals surface area (Å²) in [6.45, 7) is 3.53. The third-order valence-electron chi connectivity index (χ3n) is 3.65. The molecule has 0 saturated carbocycles. The minimum atomic E-state index is -0.428. The van der Waals surface area contributed by atoms with Gasteiger partial charge in [0.05, 0.1) is 0 Å². The molecule has 2 aromatic carbocycles. The number of nitrogens with one attached hydrogen (secondary N) is 1. The quantitative estimate of drug-likeness (QED) is 0.727. The number of carbonyl (C=O) groups is 1. The Bertz CT molecular complexity index is 921. The Labute approximate surface area is 143 Å². The summed E-state index contributed by atoms with van der Waals surface area (Å²) in [5.41, 5.74) is 2.62. The summed E-state index contributed by atoms with van der Waals surface area (Å²) in [5.74, 6) is -0.450. The monoisotopic (exact) mass is 344 g/mol. The maximum Gasteiger partial charge on any atom is 0.277 e. The molecular formula is C18H14ClFN2O2. The molecule has 0 atom stereocenters. The van der Waals surface area contributed by atoms with Crippen LogP contribution >= 0.6 is 11.6 Å². The molecule has 24 heavy (non-hydrogen) atoms. The van der Waals surface area contributed by atoms with Crippen LogP contribution in [0.5, 0.6) is 0 Å². The van der Waals surface area contributed by atoms with Gasteiger partial charge in [-0.25, -0.2) is 4.39 Å². The molecule has 0 aliphatic rings. The predicted octanol–water partition coefficient (Wildman–Crippen LogP) is 5.00. The van der Waals surface area contributed by atoms with E-state index >= 15 is 0 Å². The highest BCUT2D eigenvalue weighted by Gasteiger charge is 2.15. The lowest BCUT2D eigenvalue weighted by atomic mass is 10.1. The summed E-state index contributed by atoms with van der Waals surface area (Å²) in [7, 11) is 0. The van der Waals surface area contributed by atoms with Crippen LogP contribution < -0.4 is 5.32 Å². The zero-order valence-corrected chi connectivity index (χ0v) is 13.8. The summed E-state index contributed by atoms with van der Waals surface area (Å²) in [5, 5.41) is 7.00. The largest absolute Gasteiger partial charge is 0.355 e. The Morgan fingerprint density at radius 2 is 1.88 bits per heavy atom. The number of halogens is 2. The van der Waals surface area contributed by atoms with Gasteiger partial charge in [0, 0.05) is 22.3 Å². The van der Waals surface area contributed by atoms with Crippen LogP contribution in [-0.4, -0.2) is 11.1 Å². The van der Waals surface area contributed by atoms with Gasteiger partial charge in [0.1, 0.15) is 5.82 Å². The van der Waals surface area contributed by atoms with Gasteiger partial charge in [0.15, 0.2) is 11.5 Å². The molecule has 122 valence electrons. The molecular weight excluding hydrogens is 331 g/mol. The fourth-order valence-electron chi connectivity index (χ4n) is 2.18. The van der Waals surface area contributed by atoms with Crippen LogP contribution in [0.15, 0.2) is 47.0 Å². The number of amides is 1. The number of anilines is 1. The molecule has 0 spiro atoms. The molecule has 0 radical (unpaired) electrons. The summed E-state index contributed by atoms with van der Waals surface area (Å²) >= 11 is 5.94. The number of aryl methyl sites for hydroxylation is 2. The molecule has 1 aromatic heterocycles. The molecule has 0 unspecified atom stereocenters. The van der Waals surface area contributed by atoms with Crippen molar-refractivity contribution in [2.24, 2.45) is 0 Å². The van der Waals surface area contributed by atoms with Crippen LogP contribution in [-0.2, 0) is 0 Å². The topological polar surface area (TPSA) is 55.1 Å². The molecule has 0 fully saturated rings. The average Bonchev–Trinajstić information content (AvgIpc) is 3.03. The Morgan fingerprint density at radius 3 is 2.62 bits per heavy atom. The third kappa shape index (κ3) is 3.31. The number of benzene rings is 2. The van der Waals surface area contributed by atoms with E-state index in [4.69, 9.17) is 16.1 Å². The van der Waals surface area contributed by atoms with E-state index in [2.05, 4.69) is 10.5 Å². The lowest BCUT2D eigenvalue weighted by Crippen LogP contribution is -2.13. The zero-order chi connectivity index (χ0) is 17.3. The lowest BCUT2D eigenvalue weighted by molar-refractivity contribution is 0.101. The van der Waals surface area contributed by atoms with Crippen molar-refractivity contribution < 1.29 is 13.7 Å². The third-order valence-corrected chi connectivity index (χ3v) is 3.88. The van der Waals surface area contributed by atoms with Crippen molar-refractivity contribution in [3.05, 3.63) is 70.1 Å². The van der Waals surface area contributed by atoms with Crippen molar-refractivity contribution in [1.82, 2.24) is 5.16 Å². The smallest absolute Gasteiger partial charge is 0.277 e. The van der Waals surface area contributed by atoms with Crippen LogP contribution in [0.2, 0.25) is 5.02 Å². The van der Waals surface area contributed by atoms with Crippen LogP contribution in [0, 0.1) is 19.7 Å². The van der Waals surface area contributed by atoms with Gasteiger partial charge in [-0.05, 0) is 43.2 Å². The standard InChI is InChI=1S/C18H14ClFN2O2/c1-10-3-5-12(7-14(10)20)17-9-16(22-24-17)18(23)21-15-8-13(19)6-4-11(15)2/h3-9H,1-2H3,(H,21,23). The first-order chi connectivity index (χ1) is 11.4. The molecule has 3 aromatic rings. The van der Waals surface area contributed by atoms with Gasteiger partial charge in [0.2, 0.25) is 0 Å². The second kappa shape index (κ2) is 6.45. The number of aromatic nitrogens is 1. The van der Waals surface area contributed by atoms with Crippen molar-refractivity contribution in [3.63, 3.8) is 0 Å². The Hall–Kier alpha value is -2.66. The van der Waals surface area contributed by atoms with E-state index in [0.717, 1.165) is 5.56 Å². The lowest BCUT2D eigenvalue weighted by Gasteiger charge is -2.06. The fourth-order valence-corrected chi connectivity index (χ4v) is 2.35. The SMILES string of the molecule is Cc1ccc(-c2cc(C(=O)Nc3cc(Cl)ccc3C)no2)cc1F. The molecule has 4 nitrogen and oxygen atoms in total. The first-order valence-electron chi connectivity index (χ1n) is 7.25. The fraction of sp³-hybridized carbons (Fsp3) is 0.111. The molecule has 0 bridgehead atoms. The van der Waals surface area contributed by atoms with E-state index in [1.54, 1.807) is 37.3 Å². The number of rotatable bonds is 3. The Kier molecular flexibility index (Phi) is 4.36. The van der Waals surface area contributed by atoms with Crippen LogP contribution in [0.25, 0.3) is 11.3 Å². The van der Waals surface area contributed by atoms with Gasteiger partial charge >= 0.3 is 0 Å². The van der Waals surface area contributed by atoms with Crippen molar-refractivity contribution >= 4 is 23.2 Å². The first-order valence-corrected chi connectivity index (χ1v) is 7.62. The van der Waals surface area contributed by atoms with Crippen molar-refractivity contribution in [2.45, 2.75) is 13.8 Å². The number of carbonyl (C=O) groups excluding carboxylic acids is 1. The molecule has 6 heteroatoms. The second-order valence-corrected chi connectivity index (χ2v) is 5.89. The maximum absolute atomic E-state index is 13.6. The molecule has 0 saturated heterocycles. The summed E-state index contributed by atoms with van der Waals surface area (Å²) in [4.78, 5) is 12.3. The normalized spacial score (nSPS) is 10.7. The summed E-state index contributed by atoms with van der Waals surface area (Å²) < 4.78 is 18.8. The highest BCUT2D eigenvalue weighted by Crippen LogP contribution is 2.24. The van der Waals surface area contributed by atoms with E-state index in [1.165, 1.54) is 12.1 Å². The van der Waals surface area contributed by atoms with E-state index < -0.39 is 5.91 Å². The van der Waals surface area contributed by atoms with Crippen molar-refractivity contribution in [3.8, 4) is 11.3 Å². The van der Waals surface area contributed by atoms with Gasteiger partial charge in [-0.15, -0.1) is 0 Å². The highest BCUT2D eigenvalue weighted by atomic mass is 35.5. The average molecular weight is 345 g/mol. The number of hydrogen-bond acceptors (Lipinski definition) is 3. The van der Waals surface area contributed by atoms with Gasteiger partial charge in [-0.1, -0.05) is 35.0 Å². The number of hydrogen-bond donors (Lipinski definition) is 1. The maximum atomic E-state index is 13.6. The summed E-state index contributed by atoms with van der Waals surface area (Å²) in [6, 6.07) is 11.4. The molecule has 1 amide bonds. The summed E-state index contributed by atoms with van der Waals surface area (Å²) in [6.07, 6.45) is 0. The highest BCUT2D eigenvalue weighted by molar-refractivity contribution is 6.31.